The van der Waals surface area contributed by atoms with Crippen LogP contribution in [-0.4, -0.2) is 20.0 Å². The minimum absolute atomic E-state index is 0.0238. The molecular weight excluding hydrogens is 188 g/mol. The van der Waals surface area contributed by atoms with Crippen molar-refractivity contribution in [1.29, 1.82) is 0 Å². The van der Waals surface area contributed by atoms with Crippen LogP contribution in [0.1, 0.15) is 40.0 Å². The molecule has 15 heavy (non-hydrogen) atoms. The molecule has 0 amide bonds. The molecule has 0 heterocycles. The molecule has 1 aliphatic rings. The fourth-order valence-electron chi connectivity index (χ4n) is 2.30. The van der Waals surface area contributed by atoms with Gasteiger partial charge in [0.2, 0.25) is 0 Å². The average Bonchev–Trinajstić information content (AvgIpc) is 2.21. The van der Waals surface area contributed by atoms with Crippen molar-refractivity contribution in [3.63, 3.8) is 0 Å². The smallest absolute Gasteiger partial charge is 0.160 e. The molecule has 3 atom stereocenters. The molecule has 1 aliphatic carbocycles. The van der Waals surface area contributed by atoms with Crippen LogP contribution in [0, 0.1) is 11.8 Å². The Kier molecular flexibility index (Phi) is 5.34. The molecule has 3 unspecified atom stereocenters. The Hall–Kier alpha value is -0.340. The van der Waals surface area contributed by atoms with Gasteiger partial charge in [0.05, 0.1) is 0 Å². The summed E-state index contributed by atoms with van der Waals surface area (Å²) in [4.78, 5) is 0. The van der Waals surface area contributed by atoms with Gasteiger partial charge < -0.3 is 9.47 Å². The number of methoxy groups -OCH3 is 1. The topological polar surface area (TPSA) is 18.5 Å². The third kappa shape index (κ3) is 3.62. The van der Waals surface area contributed by atoms with Gasteiger partial charge in [-0.1, -0.05) is 25.5 Å². The Labute approximate surface area is 93.7 Å². The normalized spacial score (nSPS) is 28.7. The first-order valence-corrected chi connectivity index (χ1v) is 6.00. The fraction of sp³-hybridized carbons (Fsp3) is 0.846. The van der Waals surface area contributed by atoms with Gasteiger partial charge in [-0.2, -0.15) is 0 Å². The van der Waals surface area contributed by atoms with Crippen molar-refractivity contribution in [2.45, 2.75) is 46.3 Å². The second-order valence-corrected chi connectivity index (χ2v) is 4.55. The van der Waals surface area contributed by atoms with E-state index in [1.165, 1.54) is 18.4 Å². The van der Waals surface area contributed by atoms with E-state index in [9.17, 15) is 0 Å². The molecule has 0 aromatic rings. The second kappa shape index (κ2) is 6.29. The van der Waals surface area contributed by atoms with Crippen molar-refractivity contribution < 1.29 is 9.47 Å². The number of rotatable bonds is 5. The summed E-state index contributed by atoms with van der Waals surface area (Å²) in [6.07, 6.45) is 5.76. The molecule has 0 radical (unpaired) electrons. The summed E-state index contributed by atoms with van der Waals surface area (Å²) in [6.45, 7) is 7.39. The Bertz CT molecular complexity index is 211. The highest BCUT2D eigenvalue weighted by atomic mass is 16.7. The summed E-state index contributed by atoms with van der Waals surface area (Å²) >= 11 is 0. The summed E-state index contributed by atoms with van der Waals surface area (Å²) in [5.74, 6) is 1.09. The zero-order valence-electron chi connectivity index (χ0n) is 10.5. The van der Waals surface area contributed by atoms with Crippen molar-refractivity contribution in [1.82, 2.24) is 0 Å². The van der Waals surface area contributed by atoms with Crippen LogP contribution in [0.2, 0.25) is 0 Å². The van der Waals surface area contributed by atoms with Gasteiger partial charge in [0, 0.05) is 19.6 Å². The maximum absolute atomic E-state index is 5.73. The fourth-order valence-corrected chi connectivity index (χ4v) is 2.30. The van der Waals surface area contributed by atoms with Gasteiger partial charge in [-0.05, 0) is 32.1 Å². The molecule has 1 rings (SSSR count). The molecule has 0 fully saturated rings. The first kappa shape index (κ1) is 12.7. The summed E-state index contributed by atoms with van der Waals surface area (Å²) in [5, 5.41) is 0. The Morgan fingerprint density at radius 1 is 1.53 bits per heavy atom. The zero-order chi connectivity index (χ0) is 11.3. The predicted octanol–water partition coefficient (Wildman–Crippen LogP) is 3.38. The Morgan fingerprint density at radius 3 is 2.80 bits per heavy atom. The van der Waals surface area contributed by atoms with Crippen LogP contribution in [0.15, 0.2) is 11.6 Å². The molecular formula is C13H24O2. The van der Waals surface area contributed by atoms with Crippen LogP contribution in [0.4, 0.5) is 0 Å². The molecule has 2 nitrogen and oxygen atoms in total. The highest BCUT2D eigenvalue weighted by Gasteiger charge is 2.28. The van der Waals surface area contributed by atoms with Crippen LogP contribution >= 0.6 is 0 Å². The third-order valence-corrected chi connectivity index (χ3v) is 3.16. The van der Waals surface area contributed by atoms with Gasteiger partial charge in [0.1, 0.15) is 0 Å². The van der Waals surface area contributed by atoms with Gasteiger partial charge in [-0.3, -0.25) is 0 Å². The first-order chi connectivity index (χ1) is 7.19. The van der Waals surface area contributed by atoms with Gasteiger partial charge in [0.25, 0.3) is 0 Å². The largest absolute Gasteiger partial charge is 0.356 e. The second-order valence-electron chi connectivity index (χ2n) is 4.55. The lowest BCUT2D eigenvalue weighted by molar-refractivity contribution is -0.164. The number of hydrogen-bond acceptors (Lipinski definition) is 2. The van der Waals surface area contributed by atoms with Gasteiger partial charge in [0.15, 0.2) is 6.29 Å². The molecule has 0 N–H and O–H groups in total. The van der Waals surface area contributed by atoms with E-state index >= 15 is 0 Å². The lowest BCUT2D eigenvalue weighted by Gasteiger charge is -2.32. The maximum atomic E-state index is 5.73. The van der Waals surface area contributed by atoms with E-state index in [0.717, 1.165) is 13.0 Å². The molecule has 88 valence electrons. The summed E-state index contributed by atoms with van der Waals surface area (Å²) in [6, 6.07) is 0. The van der Waals surface area contributed by atoms with Crippen molar-refractivity contribution in [3.8, 4) is 0 Å². The van der Waals surface area contributed by atoms with Crippen LogP contribution in [-0.2, 0) is 9.47 Å². The number of allylic oxidation sites excluding steroid dienone is 2. The van der Waals surface area contributed by atoms with Crippen molar-refractivity contribution in [2.75, 3.05) is 13.7 Å². The lowest BCUT2D eigenvalue weighted by Crippen LogP contribution is -2.32. The molecule has 2 heteroatoms. The molecule has 0 saturated heterocycles. The third-order valence-electron chi connectivity index (χ3n) is 3.16. The summed E-state index contributed by atoms with van der Waals surface area (Å²) in [7, 11) is 1.75. The van der Waals surface area contributed by atoms with E-state index < -0.39 is 0 Å². The summed E-state index contributed by atoms with van der Waals surface area (Å²) < 4.78 is 11.2. The van der Waals surface area contributed by atoms with E-state index in [1.54, 1.807) is 7.11 Å². The quantitative estimate of drug-likeness (QED) is 0.514. The monoisotopic (exact) mass is 212 g/mol. The Balaban J connectivity index is 2.53. The van der Waals surface area contributed by atoms with E-state index in [4.69, 9.17) is 9.47 Å². The van der Waals surface area contributed by atoms with E-state index in [0.29, 0.717) is 11.8 Å². The highest BCUT2D eigenvalue weighted by Crippen LogP contribution is 2.32. The van der Waals surface area contributed by atoms with Crippen molar-refractivity contribution in [3.05, 3.63) is 11.6 Å². The zero-order valence-corrected chi connectivity index (χ0v) is 10.5. The van der Waals surface area contributed by atoms with Crippen LogP contribution < -0.4 is 0 Å². The standard InChI is InChI=1S/C13H24O2/c1-5-8-15-13(14-4)12-7-6-10(2)9-11(12)3/h9,11-13H,5-8H2,1-4H3. The Morgan fingerprint density at radius 2 is 2.27 bits per heavy atom. The van der Waals surface area contributed by atoms with Gasteiger partial charge in [-0.25, -0.2) is 0 Å². The molecule has 0 aromatic carbocycles. The van der Waals surface area contributed by atoms with Gasteiger partial charge >= 0.3 is 0 Å². The van der Waals surface area contributed by atoms with Crippen LogP contribution in [0.25, 0.3) is 0 Å². The number of ether oxygens (including phenoxy) is 2. The van der Waals surface area contributed by atoms with Crippen LogP contribution in [0.3, 0.4) is 0 Å². The number of hydrogen-bond donors (Lipinski definition) is 0. The van der Waals surface area contributed by atoms with E-state index in [-0.39, 0.29) is 6.29 Å². The van der Waals surface area contributed by atoms with Crippen molar-refractivity contribution >= 4 is 0 Å². The SMILES string of the molecule is CCCOC(OC)C1CCC(C)=CC1C. The summed E-state index contributed by atoms with van der Waals surface area (Å²) in [5.41, 5.74) is 1.50. The van der Waals surface area contributed by atoms with Crippen molar-refractivity contribution in [2.24, 2.45) is 11.8 Å². The first-order valence-electron chi connectivity index (χ1n) is 6.00. The molecule has 0 spiro atoms. The van der Waals surface area contributed by atoms with E-state index in [2.05, 4.69) is 26.8 Å². The molecule has 0 aliphatic heterocycles. The molecule has 0 aromatic heterocycles. The lowest BCUT2D eigenvalue weighted by atomic mass is 9.81. The minimum Gasteiger partial charge on any atom is -0.356 e. The predicted molar refractivity (Wildman–Crippen MR) is 62.7 cm³/mol. The molecule has 0 saturated carbocycles. The average molecular weight is 212 g/mol. The minimum atomic E-state index is -0.0238. The molecule has 0 bridgehead atoms. The van der Waals surface area contributed by atoms with E-state index in [1.807, 2.05) is 0 Å². The van der Waals surface area contributed by atoms with Crippen LogP contribution in [0.5, 0.6) is 0 Å². The highest BCUT2D eigenvalue weighted by molar-refractivity contribution is 5.06. The maximum Gasteiger partial charge on any atom is 0.160 e. The van der Waals surface area contributed by atoms with Gasteiger partial charge in [-0.15, -0.1) is 0 Å².